The van der Waals surface area contributed by atoms with Gasteiger partial charge in [-0.2, -0.15) is 12.6 Å². The molecule has 0 spiro atoms. The number of hydrogen-bond acceptors (Lipinski definition) is 8. The highest BCUT2D eigenvalue weighted by atomic mass is 32.1. The van der Waals surface area contributed by atoms with Crippen LogP contribution < -0.4 is 21.3 Å². The first-order chi connectivity index (χ1) is 23.5. The maximum absolute atomic E-state index is 12.8. The molecule has 0 bridgehead atoms. The van der Waals surface area contributed by atoms with Crippen molar-refractivity contribution in [2.75, 3.05) is 18.8 Å². The van der Waals surface area contributed by atoms with Crippen LogP contribution in [0.4, 0.5) is 0 Å². The predicted octanol–water partition coefficient (Wildman–Crippen LogP) is 4.42. The molecule has 1 aliphatic heterocycles. The molecule has 284 valence electrons. The van der Waals surface area contributed by atoms with Gasteiger partial charge in [0.1, 0.15) is 12.1 Å². The first kappa shape index (κ1) is 44.6. The Morgan fingerprint density at radius 2 is 1.33 bits per heavy atom. The zero-order valence-corrected chi connectivity index (χ0v) is 31.2. The summed E-state index contributed by atoms with van der Waals surface area (Å²) in [5, 5.41) is 30.4. The van der Waals surface area contributed by atoms with Crippen LogP contribution in [-0.2, 0) is 28.7 Å². The number of unbranched alkanes of at least 4 members (excludes halogenated alkanes) is 12. The third-order valence-corrected chi connectivity index (χ3v) is 9.17. The van der Waals surface area contributed by atoms with Gasteiger partial charge in [0.05, 0.1) is 12.2 Å². The molecule has 12 nitrogen and oxygen atoms in total. The van der Waals surface area contributed by atoms with Gasteiger partial charge in [0, 0.05) is 31.7 Å². The fourth-order valence-electron chi connectivity index (χ4n) is 5.87. The molecular formula is C36H66N4O8S. The number of nitrogens with one attached hydrogen (secondary N) is 4. The highest BCUT2D eigenvalue weighted by molar-refractivity contribution is 7.80. The summed E-state index contributed by atoms with van der Waals surface area (Å²) in [5.74, 6) is -2.59. The lowest BCUT2D eigenvalue weighted by Crippen LogP contribution is -2.55. The van der Waals surface area contributed by atoms with Crippen molar-refractivity contribution in [1.82, 2.24) is 21.3 Å². The number of amides is 4. The maximum atomic E-state index is 12.8. The standard InChI is InChI=1S/C36H66N4O8S/c1-4-5-6-7-8-9-10-11-12-13-14-15-16-18-31(42)37-22-17-19-32(43)39-29(25-49)34(44)38-24-27-20-21-30(41)33(48-27)35(45)40-28(36(46)47)23-26(2)3/h26-30,33,41,49H,4-25H2,1-3H3,(H,37,42)(H,38,44)(H,39,43)(H,40,45)(H,46,47)/t27-,28-,29-,30-,33-/m0/s1. The third kappa shape index (κ3) is 21.4. The van der Waals surface area contributed by atoms with E-state index in [-0.39, 0.29) is 49.3 Å². The van der Waals surface area contributed by atoms with Gasteiger partial charge in [0.25, 0.3) is 5.91 Å². The average molecular weight is 715 g/mol. The molecule has 0 unspecified atom stereocenters. The lowest BCUT2D eigenvalue weighted by Gasteiger charge is -2.34. The van der Waals surface area contributed by atoms with Crippen molar-refractivity contribution in [3.63, 3.8) is 0 Å². The second-order valence-corrected chi connectivity index (χ2v) is 14.2. The normalized spacial score (nSPS) is 18.8. The third-order valence-electron chi connectivity index (χ3n) is 8.80. The van der Waals surface area contributed by atoms with Crippen LogP contribution in [0.5, 0.6) is 0 Å². The number of carboxylic acids is 1. The molecule has 1 aliphatic rings. The lowest BCUT2D eigenvalue weighted by atomic mass is 9.99. The number of carbonyl (C=O) groups excluding carboxylic acids is 4. The number of ether oxygens (including phenoxy) is 1. The van der Waals surface area contributed by atoms with E-state index < -0.39 is 48.2 Å². The van der Waals surface area contributed by atoms with E-state index in [9.17, 15) is 34.2 Å². The van der Waals surface area contributed by atoms with Gasteiger partial charge < -0.3 is 36.2 Å². The number of aliphatic carboxylic acids is 1. The summed E-state index contributed by atoms with van der Waals surface area (Å²) in [7, 11) is 0. The van der Waals surface area contributed by atoms with E-state index in [0.717, 1.165) is 19.3 Å². The number of thiol groups is 1. The van der Waals surface area contributed by atoms with Gasteiger partial charge in [-0.15, -0.1) is 0 Å². The molecule has 0 aromatic rings. The van der Waals surface area contributed by atoms with Crippen LogP contribution >= 0.6 is 12.6 Å². The predicted molar refractivity (Wildman–Crippen MR) is 194 cm³/mol. The van der Waals surface area contributed by atoms with Crippen molar-refractivity contribution in [3.05, 3.63) is 0 Å². The Balaban J connectivity index is 2.22. The minimum atomic E-state index is -1.26. The molecule has 0 aromatic carbocycles. The van der Waals surface area contributed by atoms with E-state index in [2.05, 4.69) is 40.8 Å². The van der Waals surface area contributed by atoms with Crippen LogP contribution in [0.3, 0.4) is 0 Å². The molecular weight excluding hydrogens is 648 g/mol. The van der Waals surface area contributed by atoms with Crippen LogP contribution in [-0.4, -0.2) is 89.0 Å². The van der Waals surface area contributed by atoms with Gasteiger partial charge in [0.2, 0.25) is 17.7 Å². The summed E-state index contributed by atoms with van der Waals surface area (Å²) in [6.45, 7) is 6.35. The van der Waals surface area contributed by atoms with Gasteiger partial charge in [-0.3, -0.25) is 19.2 Å². The minimum Gasteiger partial charge on any atom is -0.480 e. The summed E-state index contributed by atoms with van der Waals surface area (Å²) in [5.41, 5.74) is 0. The zero-order valence-electron chi connectivity index (χ0n) is 30.3. The fourth-order valence-corrected chi connectivity index (χ4v) is 6.13. The zero-order chi connectivity index (χ0) is 36.4. The fraction of sp³-hybridized carbons (Fsp3) is 0.861. The van der Waals surface area contributed by atoms with Gasteiger partial charge in [-0.05, 0) is 38.0 Å². The highest BCUT2D eigenvalue weighted by Gasteiger charge is 2.37. The van der Waals surface area contributed by atoms with Gasteiger partial charge >= 0.3 is 5.97 Å². The first-order valence-electron chi connectivity index (χ1n) is 18.8. The Morgan fingerprint density at radius 3 is 1.88 bits per heavy atom. The Morgan fingerprint density at radius 1 is 0.755 bits per heavy atom. The van der Waals surface area contributed by atoms with Crippen LogP contribution in [0.2, 0.25) is 0 Å². The Bertz CT molecular complexity index is 969. The molecule has 0 aromatic heterocycles. The van der Waals surface area contributed by atoms with Crippen LogP contribution in [0, 0.1) is 5.92 Å². The molecule has 6 N–H and O–H groups in total. The monoisotopic (exact) mass is 714 g/mol. The van der Waals surface area contributed by atoms with Crippen molar-refractivity contribution in [1.29, 1.82) is 0 Å². The molecule has 1 fully saturated rings. The summed E-state index contributed by atoms with van der Waals surface area (Å²) in [6, 6.07) is -1.99. The number of carboxylic acid groups (broad SMARTS) is 1. The van der Waals surface area contributed by atoms with Crippen LogP contribution in [0.1, 0.15) is 143 Å². The van der Waals surface area contributed by atoms with Crippen molar-refractivity contribution < 1.29 is 38.9 Å². The van der Waals surface area contributed by atoms with E-state index in [1.54, 1.807) is 0 Å². The van der Waals surface area contributed by atoms with Crippen molar-refractivity contribution >= 4 is 42.2 Å². The molecule has 5 atom stereocenters. The molecule has 1 saturated heterocycles. The van der Waals surface area contributed by atoms with E-state index in [1.807, 2.05) is 13.8 Å². The largest absolute Gasteiger partial charge is 0.480 e. The Kier molecular flexibility index (Phi) is 24.9. The number of carbonyl (C=O) groups is 5. The van der Waals surface area contributed by atoms with Gasteiger partial charge in [-0.1, -0.05) is 97.8 Å². The molecule has 4 amide bonds. The van der Waals surface area contributed by atoms with Crippen molar-refractivity contribution in [3.8, 4) is 0 Å². The van der Waals surface area contributed by atoms with E-state index in [0.29, 0.717) is 25.8 Å². The molecule has 0 radical (unpaired) electrons. The van der Waals surface area contributed by atoms with Crippen LogP contribution in [0.25, 0.3) is 0 Å². The second kappa shape index (κ2) is 27.4. The minimum absolute atomic E-state index is 0.00877. The summed E-state index contributed by atoms with van der Waals surface area (Å²) in [6.07, 6.45) is 15.3. The van der Waals surface area contributed by atoms with Crippen molar-refractivity contribution in [2.24, 2.45) is 5.92 Å². The molecule has 0 saturated carbocycles. The van der Waals surface area contributed by atoms with Crippen molar-refractivity contribution in [2.45, 2.75) is 173 Å². The Labute approximate surface area is 299 Å². The maximum Gasteiger partial charge on any atom is 0.326 e. The quantitative estimate of drug-likeness (QED) is 0.0459. The second-order valence-electron chi connectivity index (χ2n) is 13.8. The van der Waals surface area contributed by atoms with E-state index in [4.69, 9.17) is 4.74 Å². The number of rotatable bonds is 28. The molecule has 0 aliphatic carbocycles. The highest BCUT2D eigenvalue weighted by Crippen LogP contribution is 2.20. The average Bonchev–Trinajstić information content (AvgIpc) is 3.06. The topological polar surface area (TPSA) is 183 Å². The number of aliphatic hydroxyl groups excluding tert-OH is 1. The molecule has 1 heterocycles. The lowest BCUT2D eigenvalue weighted by molar-refractivity contribution is -0.160. The summed E-state index contributed by atoms with van der Waals surface area (Å²) < 4.78 is 5.73. The molecule has 13 heteroatoms. The smallest absolute Gasteiger partial charge is 0.326 e. The first-order valence-corrected chi connectivity index (χ1v) is 19.4. The van der Waals surface area contributed by atoms with Gasteiger partial charge in [-0.25, -0.2) is 4.79 Å². The number of hydrogen-bond donors (Lipinski definition) is 7. The molecule has 1 rings (SSSR count). The molecule has 49 heavy (non-hydrogen) atoms. The summed E-state index contributed by atoms with van der Waals surface area (Å²) in [4.78, 5) is 61.6. The SMILES string of the molecule is CCCCCCCCCCCCCCCC(=O)NCCCC(=O)N[C@@H](CS)C(=O)NC[C@@H]1CC[C@H](O)[C@@H](C(=O)N[C@@H](CC(C)C)C(=O)O)O1. The van der Waals surface area contributed by atoms with Crippen LogP contribution in [0.15, 0.2) is 0 Å². The van der Waals surface area contributed by atoms with Gasteiger partial charge in [0.15, 0.2) is 6.10 Å². The van der Waals surface area contributed by atoms with E-state index >= 15 is 0 Å². The summed E-state index contributed by atoms with van der Waals surface area (Å²) >= 11 is 4.20. The Hall–Kier alpha value is -2.38. The number of aliphatic hydroxyl groups is 1. The van der Waals surface area contributed by atoms with E-state index in [1.165, 1.54) is 64.2 Å².